The number of aliphatic hydroxyl groups is 1. The predicted octanol–water partition coefficient (Wildman–Crippen LogP) is 1.47. The molecule has 0 saturated carbocycles. The van der Waals surface area contributed by atoms with Gasteiger partial charge in [-0.25, -0.2) is 4.98 Å². The van der Waals surface area contributed by atoms with E-state index in [2.05, 4.69) is 17.1 Å². The van der Waals surface area contributed by atoms with Crippen LogP contribution in [0, 0.1) is 0 Å². The fourth-order valence-corrected chi connectivity index (χ4v) is 3.25. The average Bonchev–Trinajstić information content (AvgIpc) is 3.02. The molecule has 0 unspecified atom stereocenters. The fraction of sp³-hybridized carbons (Fsp3) is 0.474. The lowest BCUT2D eigenvalue weighted by molar-refractivity contribution is -0.140. The SMILES string of the molecule is C[C@H](O)C[C@@H]1COCCN1C(=O)Cc1cncn1Cc1ccccc1. The molecule has 1 amide bonds. The van der Waals surface area contributed by atoms with Gasteiger partial charge in [0.2, 0.25) is 5.91 Å². The normalized spacial score (nSPS) is 19.0. The zero-order valence-electron chi connectivity index (χ0n) is 14.5. The van der Waals surface area contributed by atoms with Gasteiger partial charge in [0.05, 0.1) is 38.1 Å². The molecule has 0 aliphatic carbocycles. The lowest BCUT2D eigenvalue weighted by Crippen LogP contribution is -2.50. The highest BCUT2D eigenvalue weighted by Crippen LogP contribution is 2.15. The van der Waals surface area contributed by atoms with E-state index in [1.54, 1.807) is 19.4 Å². The van der Waals surface area contributed by atoms with E-state index in [4.69, 9.17) is 4.74 Å². The topological polar surface area (TPSA) is 67.6 Å². The van der Waals surface area contributed by atoms with Crippen LogP contribution >= 0.6 is 0 Å². The Morgan fingerprint density at radius 2 is 2.20 bits per heavy atom. The Morgan fingerprint density at radius 1 is 1.40 bits per heavy atom. The van der Waals surface area contributed by atoms with Gasteiger partial charge >= 0.3 is 0 Å². The van der Waals surface area contributed by atoms with Gasteiger partial charge in [0, 0.05) is 25.0 Å². The number of carbonyl (C=O) groups excluding carboxylic acids is 1. The number of aromatic nitrogens is 2. The Hall–Kier alpha value is -2.18. The number of morpholine rings is 1. The van der Waals surface area contributed by atoms with Crippen molar-refractivity contribution < 1.29 is 14.6 Å². The van der Waals surface area contributed by atoms with E-state index >= 15 is 0 Å². The molecule has 6 heteroatoms. The summed E-state index contributed by atoms with van der Waals surface area (Å²) in [5.74, 6) is 0.0590. The molecule has 1 aliphatic heterocycles. The van der Waals surface area contributed by atoms with Crippen LogP contribution in [0.4, 0.5) is 0 Å². The minimum Gasteiger partial charge on any atom is -0.393 e. The van der Waals surface area contributed by atoms with Gasteiger partial charge in [-0.1, -0.05) is 30.3 Å². The fourth-order valence-electron chi connectivity index (χ4n) is 3.25. The summed E-state index contributed by atoms with van der Waals surface area (Å²) in [4.78, 5) is 18.9. The van der Waals surface area contributed by atoms with Gasteiger partial charge in [-0.05, 0) is 18.9 Å². The van der Waals surface area contributed by atoms with Crippen molar-refractivity contribution in [3.63, 3.8) is 0 Å². The van der Waals surface area contributed by atoms with Crippen molar-refractivity contribution in [3.8, 4) is 0 Å². The van der Waals surface area contributed by atoms with E-state index in [0.717, 1.165) is 5.69 Å². The Labute approximate surface area is 148 Å². The van der Waals surface area contributed by atoms with Gasteiger partial charge < -0.3 is 19.3 Å². The molecule has 2 aromatic rings. The molecule has 25 heavy (non-hydrogen) atoms. The molecule has 0 spiro atoms. The van der Waals surface area contributed by atoms with E-state index < -0.39 is 6.10 Å². The van der Waals surface area contributed by atoms with Crippen molar-refractivity contribution in [3.05, 3.63) is 54.1 Å². The van der Waals surface area contributed by atoms with E-state index in [1.165, 1.54) is 5.56 Å². The summed E-state index contributed by atoms with van der Waals surface area (Å²) >= 11 is 0. The molecule has 134 valence electrons. The second-order valence-electron chi connectivity index (χ2n) is 6.58. The van der Waals surface area contributed by atoms with Crippen LogP contribution in [0.3, 0.4) is 0 Å². The first-order valence-corrected chi connectivity index (χ1v) is 8.71. The number of carbonyl (C=O) groups is 1. The van der Waals surface area contributed by atoms with Gasteiger partial charge in [-0.15, -0.1) is 0 Å². The molecule has 1 N–H and O–H groups in total. The smallest absolute Gasteiger partial charge is 0.228 e. The van der Waals surface area contributed by atoms with E-state index in [1.807, 2.05) is 27.7 Å². The van der Waals surface area contributed by atoms with E-state index in [0.29, 0.717) is 39.1 Å². The molecule has 2 atom stereocenters. The summed E-state index contributed by atoms with van der Waals surface area (Å²) in [5, 5.41) is 9.66. The van der Waals surface area contributed by atoms with Gasteiger partial charge in [0.15, 0.2) is 0 Å². The molecule has 3 rings (SSSR count). The number of rotatable bonds is 6. The van der Waals surface area contributed by atoms with Crippen molar-refractivity contribution in [1.82, 2.24) is 14.5 Å². The van der Waals surface area contributed by atoms with Crippen LogP contribution in [-0.4, -0.2) is 57.4 Å². The van der Waals surface area contributed by atoms with Gasteiger partial charge in [0.25, 0.3) is 0 Å². The number of ether oxygens (including phenoxy) is 1. The van der Waals surface area contributed by atoms with Crippen LogP contribution in [-0.2, 0) is 22.5 Å². The predicted molar refractivity (Wildman–Crippen MR) is 94.1 cm³/mol. The number of imidazole rings is 1. The summed E-state index contributed by atoms with van der Waals surface area (Å²) in [6, 6.07) is 10.1. The van der Waals surface area contributed by atoms with E-state index in [-0.39, 0.29) is 11.9 Å². The van der Waals surface area contributed by atoms with Gasteiger partial charge in [-0.3, -0.25) is 4.79 Å². The van der Waals surface area contributed by atoms with Crippen molar-refractivity contribution in [1.29, 1.82) is 0 Å². The Balaban J connectivity index is 1.67. The van der Waals surface area contributed by atoms with Crippen molar-refractivity contribution in [2.45, 2.75) is 38.5 Å². The first kappa shape index (κ1) is 17.6. The molecule has 6 nitrogen and oxygen atoms in total. The first-order chi connectivity index (χ1) is 12.1. The average molecular weight is 343 g/mol. The summed E-state index contributed by atoms with van der Waals surface area (Å²) in [6.45, 7) is 4.05. The van der Waals surface area contributed by atoms with Crippen LogP contribution in [0.5, 0.6) is 0 Å². The summed E-state index contributed by atoms with van der Waals surface area (Å²) in [6.07, 6.45) is 3.91. The Morgan fingerprint density at radius 3 is 2.96 bits per heavy atom. The molecule has 1 aliphatic rings. The molecule has 2 heterocycles. The molecule has 0 radical (unpaired) electrons. The highest BCUT2D eigenvalue weighted by Gasteiger charge is 2.28. The summed E-state index contributed by atoms with van der Waals surface area (Å²) in [5.41, 5.74) is 2.07. The number of amides is 1. The maximum absolute atomic E-state index is 12.8. The largest absolute Gasteiger partial charge is 0.393 e. The number of benzene rings is 1. The Kier molecular flexibility index (Phi) is 5.83. The number of hydrogen-bond donors (Lipinski definition) is 1. The number of aliphatic hydroxyl groups excluding tert-OH is 1. The molecule has 0 bridgehead atoms. The number of nitrogens with zero attached hydrogens (tertiary/aromatic N) is 3. The highest BCUT2D eigenvalue weighted by molar-refractivity contribution is 5.78. The standard InChI is InChI=1S/C19H25N3O3/c1-15(23)9-18-13-25-8-7-22(18)19(24)10-17-11-20-14-21(17)12-16-5-3-2-4-6-16/h2-6,11,14-15,18,23H,7-10,12-13H2,1H3/t15-,18+/m0/s1. The molecule has 1 aromatic heterocycles. The minimum atomic E-state index is -0.453. The molecular weight excluding hydrogens is 318 g/mol. The van der Waals surface area contributed by atoms with Crippen molar-refractivity contribution >= 4 is 5.91 Å². The zero-order valence-corrected chi connectivity index (χ0v) is 14.5. The van der Waals surface area contributed by atoms with Crippen molar-refractivity contribution in [2.24, 2.45) is 0 Å². The summed E-state index contributed by atoms with van der Waals surface area (Å²) < 4.78 is 7.49. The van der Waals surface area contributed by atoms with Gasteiger partial charge in [0.1, 0.15) is 0 Å². The molecule has 1 saturated heterocycles. The van der Waals surface area contributed by atoms with Crippen LogP contribution in [0.2, 0.25) is 0 Å². The lowest BCUT2D eigenvalue weighted by Gasteiger charge is -2.36. The summed E-state index contributed by atoms with van der Waals surface area (Å²) in [7, 11) is 0. The first-order valence-electron chi connectivity index (χ1n) is 8.71. The van der Waals surface area contributed by atoms with Crippen LogP contribution in [0.25, 0.3) is 0 Å². The molecular formula is C19H25N3O3. The maximum atomic E-state index is 12.8. The minimum absolute atomic E-state index is 0.0590. The van der Waals surface area contributed by atoms with Crippen LogP contribution in [0.15, 0.2) is 42.9 Å². The third-order valence-electron chi connectivity index (χ3n) is 4.49. The quantitative estimate of drug-likeness (QED) is 0.862. The highest BCUT2D eigenvalue weighted by atomic mass is 16.5. The monoisotopic (exact) mass is 343 g/mol. The third-order valence-corrected chi connectivity index (χ3v) is 4.49. The second kappa shape index (κ2) is 8.27. The Bertz CT molecular complexity index is 684. The number of hydrogen-bond acceptors (Lipinski definition) is 4. The third kappa shape index (κ3) is 4.67. The van der Waals surface area contributed by atoms with Gasteiger partial charge in [-0.2, -0.15) is 0 Å². The van der Waals surface area contributed by atoms with Crippen LogP contribution in [0.1, 0.15) is 24.6 Å². The van der Waals surface area contributed by atoms with Crippen molar-refractivity contribution in [2.75, 3.05) is 19.8 Å². The lowest BCUT2D eigenvalue weighted by atomic mass is 10.1. The molecule has 1 aromatic carbocycles. The molecule has 1 fully saturated rings. The zero-order chi connectivity index (χ0) is 17.6. The second-order valence-corrected chi connectivity index (χ2v) is 6.58. The van der Waals surface area contributed by atoms with E-state index in [9.17, 15) is 9.90 Å². The maximum Gasteiger partial charge on any atom is 0.228 e. The van der Waals surface area contributed by atoms with Crippen LogP contribution < -0.4 is 0 Å².